The summed E-state index contributed by atoms with van der Waals surface area (Å²) in [5.41, 5.74) is -0.00991. The van der Waals surface area contributed by atoms with Crippen molar-refractivity contribution in [2.75, 3.05) is 0 Å². The van der Waals surface area contributed by atoms with Gasteiger partial charge in [-0.2, -0.15) is 0 Å². The van der Waals surface area contributed by atoms with Gasteiger partial charge in [-0.05, 0) is 38.3 Å². The molecule has 1 saturated carbocycles. The molecule has 1 atom stereocenters. The Morgan fingerprint density at radius 3 is 2.63 bits per heavy atom. The maximum atomic E-state index is 13.8. The quantitative estimate of drug-likeness (QED) is 0.593. The van der Waals surface area contributed by atoms with Crippen molar-refractivity contribution < 1.29 is 14.0 Å². The van der Waals surface area contributed by atoms with Gasteiger partial charge >= 0.3 is 0 Å². The van der Waals surface area contributed by atoms with Crippen molar-refractivity contribution >= 4 is 23.6 Å². The van der Waals surface area contributed by atoms with E-state index in [1.165, 1.54) is 42.8 Å². The van der Waals surface area contributed by atoms with Crippen molar-refractivity contribution in [2.45, 2.75) is 75.5 Å². The zero-order chi connectivity index (χ0) is 21.5. The van der Waals surface area contributed by atoms with E-state index in [9.17, 15) is 14.0 Å². The highest BCUT2D eigenvalue weighted by Crippen LogP contribution is 2.26. The number of carbonyl (C=O) groups is 2. The average molecular weight is 434 g/mol. The van der Waals surface area contributed by atoms with Crippen molar-refractivity contribution in [3.05, 3.63) is 41.5 Å². The Labute approximate surface area is 180 Å². The third-order valence-corrected chi connectivity index (χ3v) is 6.59. The van der Waals surface area contributed by atoms with Gasteiger partial charge in [-0.3, -0.25) is 9.59 Å². The highest BCUT2D eigenvalue weighted by Gasteiger charge is 2.25. The van der Waals surface area contributed by atoms with Crippen molar-refractivity contribution in [3.63, 3.8) is 0 Å². The molecule has 7 nitrogen and oxygen atoms in total. The molecule has 30 heavy (non-hydrogen) atoms. The molecule has 2 amide bonds. The van der Waals surface area contributed by atoms with Gasteiger partial charge in [0.05, 0.1) is 17.4 Å². The van der Waals surface area contributed by atoms with Gasteiger partial charge in [0.2, 0.25) is 5.91 Å². The van der Waals surface area contributed by atoms with Gasteiger partial charge in [0.25, 0.3) is 5.91 Å². The Morgan fingerprint density at radius 2 is 1.97 bits per heavy atom. The lowest BCUT2D eigenvalue weighted by atomic mass is 10.2. The van der Waals surface area contributed by atoms with Crippen LogP contribution >= 0.6 is 11.8 Å². The highest BCUT2D eigenvalue weighted by molar-refractivity contribution is 8.00. The molecule has 0 aliphatic heterocycles. The summed E-state index contributed by atoms with van der Waals surface area (Å²) in [4.78, 5) is 24.9. The molecule has 1 aromatic heterocycles. The van der Waals surface area contributed by atoms with E-state index < -0.39 is 11.7 Å². The molecular formula is C21H28FN5O2S. The van der Waals surface area contributed by atoms with Crippen molar-refractivity contribution in [1.29, 1.82) is 0 Å². The van der Waals surface area contributed by atoms with Gasteiger partial charge in [-0.1, -0.05) is 43.7 Å². The summed E-state index contributed by atoms with van der Waals surface area (Å²) in [6, 6.07) is 6.12. The number of rotatable bonds is 9. The molecule has 0 saturated heterocycles. The van der Waals surface area contributed by atoms with E-state index in [0.29, 0.717) is 23.9 Å². The Kier molecular flexibility index (Phi) is 7.84. The summed E-state index contributed by atoms with van der Waals surface area (Å²) in [6.07, 6.45) is 5.11. The fourth-order valence-electron chi connectivity index (χ4n) is 3.57. The zero-order valence-corrected chi connectivity index (χ0v) is 18.2. The molecule has 162 valence electrons. The summed E-state index contributed by atoms with van der Waals surface area (Å²) in [5, 5.41) is 14.6. The van der Waals surface area contributed by atoms with E-state index in [1.807, 2.05) is 18.4 Å². The number of hydrogen-bond acceptors (Lipinski definition) is 5. The van der Waals surface area contributed by atoms with E-state index in [2.05, 4.69) is 20.8 Å². The second kappa shape index (κ2) is 10.6. The molecule has 9 heteroatoms. The van der Waals surface area contributed by atoms with Gasteiger partial charge in [-0.25, -0.2) is 4.39 Å². The van der Waals surface area contributed by atoms with Crippen LogP contribution in [0.4, 0.5) is 4.39 Å². The Hall–Kier alpha value is -2.42. The second-order valence-electron chi connectivity index (χ2n) is 7.31. The first-order valence-electron chi connectivity index (χ1n) is 10.4. The van der Waals surface area contributed by atoms with Crippen molar-refractivity contribution in [3.8, 4) is 0 Å². The van der Waals surface area contributed by atoms with Crippen LogP contribution < -0.4 is 10.6 Å². The van der Waals surface area contributed by atoms with Crippen LogP contribution in [0.2, 0.25) is 0 Å². The monoisotopic (exact) mass is 433 g/mol. The first-order valence-corrected chi connectivity index (χ1v) is 11.3. The Morgan fingerprint density at radius 1 is 1.23 bits per heavy atom. The summed E-state index contributed by atoms with van der Waals surface area (Å²) in [6.45, 7) is 4.66. The molecule has 0 bridgehead atoms. The summed E-state index contributed by atoms with van der Waals surface area (Å²) in [7, 11) is 0. The summed E-state index contributed by atoms with van der Waals surface area (Å²) < 4.78 is 15.7. The van der Waals surface area contributed by atoms with Gasteiger partial charge in [0.15, 0.2) is 11.0 Å². The van der Waals surface area contributed by atoms with Crippen LogP contribution in [-0.2, 0) is 17.9 Å². The molecule has 3 rings (SSSR count). The second-order valence-corrected chi connectivity index (χ2v) is 8.48. The SMILES string of the molecule is CC[C@@H](Sc1nnc(CNC(=O)c2ccccc2F)n1CC)C(=O)NC1CCCC1. The molecule has 0 unspecified atom stereocenters. The summed E-state index contributed by atoms with van der Waals surface area (Å²) >= 11 is 1.39. The summed E-state index contributed by atoms with van der Waals surface area (Å²) in [5.74, 6) is -0.470. The van der Waals surface area contributed by atoms with Crippen LogP contribution in [0.15, 0.2) is 29.4 Å². The molecule has 1 aliphatic carbocycles. The standard InChI is InChI=1S/C21H28FN5O2S/c1-3-17(20(29)24-14-9-5-6-10-14)30-21-26-25-18(27(21)4-2)13-23-19(28)15-11-7-8-12-16(15)22/h7-8,11-12,14,17H,3-6,9-10,13H2,1-2H3,(H,23,28)(H,24,29)/t17-/m1/s1. The Balaban J connectivity index is 1.63. The average Bonchev–Trinajstić information content (AvgIpc) is 3.39. The predicted octanol–water partition coefficient (Wildman–Crippen LogP) is 3.30. The first-order chi connectivity index (χ1) is 14.5. The van der Waals surface area contributed by atoms with Crippen LogP contribution in [0.25, 0.3) is 0 Å². The number of hydrogen-bond donors (Lipinski definition) is 2. The van der Waals surface area contributed by atoms with Crippen molar-refractivity contribution in [2.24, 2.45) is 0 Å². The highest BCUT2D eigenvalue weighted by atomic mass is 32.2. The van der Waals surface area contributed by atoms with Gasteiger partial charge in [0, 0.05) is 12.6 Å². The third-order valence-electron chi connectivity index (χ3n) is 5.25. The van der Waals surface area contributed by atoms with Crippen LogP contribution in [0.5, 0.6) is 0 Å². The number of carbonyl (C=O) groups excluding carboxylic acids is 2. The molecular weight excluding hydrogens is 405 g/mol. The number of halogens is 1. The Bertz CT molecular complexity index is 882. The number of amides is 2. The first kappa shape index (κ1) is 22.3. The number of nitrogens with one attached hydrogen (secondary N) is 2. The molecule has 1 fully saturated rings. The maximum Gasteiger partial charge on any atom is 0.254 e. The minimum absolute atomic E-state index is 0.00991. The van der Waals surface area contributed by atoms with E-state index in [-0.39, 0.29) is 29.3 Å². The molecule has 1 aromatic carbocycles. The van der Waals surface area contributed by atoms with Crippen LogP contribution in [0.1, 0.15) is 62.1 Å². The van der Waals surface area contributed by atoms with Gasteiger partial charge in [0.1, 0.15) is 5.82 Å². The van der Waals surface area contributed by atoms with E-state index >= 15 is 0 Å². The lowest BCUT2D eigenvalue weighted by molar-refractivity contribution is -0.121. The molecule has 2 N–H and O–H groups in total. The van der Waals surface area contributed by atoms with Gasteiger partial charge in [-0.15, -0.1) is 10.2 Å². The van der Waals surface area contributed by atoms with Crippen LogP contribution in [-0.4, -0.2) is 37.9 Å². The molecule has 2 aromatic rings. The normalized spacial score (nSPS) is 15.2. The minimum Gasteiger partial charge on any atom is -0.352 e. The lowest BCUT2D eigenvalue weighted by Crippen LogP contribution is -2.38. The number of nitrogens with zero attached hydrogens (tertiary/aromatic N) is 3. The van der Waals surface area contributed by atoms with Gasteiger partial charge < -0.3 is 15.2 Å². The zero-order valence-electron chi connectivity index (χ0n) is 17.4. The molecule has 0 spiro atoms. The molecule has 1 heterocycles. The van der Waals surface area contributed by atoms with E-state index in [4.69, 9.17) is 0 Å². The minimum atomic E-state index is -0.567. The number of thioether (sulfide) groups is 1. The van der Waals surface area contributed by atoms with E-state index in [1.54, 1.807) is 6.07 Å². The number of aromatic nitrogens is 3. The van der Waals surface area contributed by atoms with Crippen molar-refractivity contribution in [1.82, 2.24) is 25.4 Å². The molecule has 0 radical (unpaired) electrons. The molecule has 1 aliphatic rings. The largest absolute Gasteiger partial charge is 0.352 e. The lowest BCUT2D eigenvalue weighted by Gasteiger charge is -2.18. The fourth-order valence-corrected chi connectivity index (χ4v) is 4.61. The fraction of sp³-hybridized carbons (Fsp3) is 0.524. The van der Waals surface area contributed by atoms with Crippen LogP contribution in [0.3, 0.4) is 0 Å². The van der Waals surface area contributed by atoms with Crippen LogP contribution in [0, 0.1) is 5.82 Å². The smallest absolute Gasteiger partial charge is 0.254 e. The van der Waals surface area contributed by atoms with E-state index in [0.717, 1.165) is 12.8 Å². The maximum absolute atomic E-state index is 13.8. The number of benzene rings is 1. The predicted molar refractivity (Wildman–Crippen MR) is 114 cm³/mol. The topological polar surface area (TPSA) is 88.9 Å². The third kappa shape index (κ3) is 5.38.